The summed E-state index contributed by atoms with van der Waals surface area (Å²) in [6.45, 7) is 0.505. The van der Waals surface area contributed by atoms with Gasteiger partial charge in [0.15, 0.2) is 0 Å². The van der Waals surface area contributed by atoms with E-state index < -0.39 is 0 Å². The molecule has 2 heterocycles. The van der Waals surface area contributed by atoms with Crippen molar-refractivity contribution in [2.45, 2.75) is 6.54 Å². The highest BCUT2D eigenvalue weighted by Crippen LogP contribution is 2.18. The zero-order valence-electron chi connectivity index (χ0n) is 9.55. The molecule has 0 spiro atoms. The normalized spacial score (nSPS) is 10.7. The molecule has 1 N–H and O–H groups in total. The number of anilines is 1. The molecule has 0 radical (unpaired) electrons. The van der Waals surface area contributed by atoms with Crippen LogP contribution in [0.2, 0.25) is 0 Å². The lowest BCUT2D eigenvalue weighted by molar-refractivity contribution is 0.475. The van der Waals surface area contributed by atoms with Gasteiger partial charge in [0, 0.05) is 11.1 Å². The van der Waals surface area contributed by atoms with E-state index >= 15 is 0 Å². The molecule has 0 atom stereocenters. The van der Waals surface area contributed by atoms with E-state index in [-0.39, 0.29) is 5.63 Å². The highest BCUT2D eigenvalue weighted by atomic mass is 32.1. The quantitative estimate of drug-likeness (QED) is 0.781. The first-order chi connectivity index (χ1) is 8.83. The van der Waals surface area contributed by atoms with Gasteiger partial charge in [-0.3, -0.25) is 0 Å². The molecule has 4 heteroatoms. The topological polar surface area (TPSA) is 42.2 Å². The Labute approximate surface area is 108 Å². The monoisotopic (exact) mass is 257 g/mol. The van der Waals surface area contributed by atoms with Crippen molar-refractivity contribution in [2.75, 3.05) is 5.32 Å². The second kappa shape index (κ2) is 4.66. The lowest BCUT2D eigenvalue weighted by Crippen LogP contribution is -2.04. The number of nitrogens with one attached hydrogen (secondary N) is 1. The smallest absolute Gasteiger partial charge is 0.354 e. The van der Waals surface area contributed by atoms with Crippen LogP contribution in [-0.2, 0) is 6.54 Å². The van der Waals surface area contributed by atoms with Crippen LogP contribution in [0.3, 0.4) is 0 Å². The molecule has 0 amide bonds. The first-order valence-corrected chi connectivity index (χ1v) is 6.50. The molecule has 0 fully saturated rings. The van der Waals surface area contributed by atoms with E-state index in [1.54, 1.807) is 0 Å². The molecule has 90 valence electrons. The molecule has 0 bridgehead atoms. The van der Waals surface area contributed by atoms with E-state index in [9.17, 15) is 4.79 Å². The molecule has 2 aromatic heterocycles. The SMILES string of the molecule is O=c1oc(CNc2ccccc2)cc2ccsc12. The van der Waals surface area contributed by atoms with Crippen molar-refractivity contribution >= 4 is 27.1 Å². The van der Waals surface area contributed by atoms with Crippen LogP contribution in [0.25, 0.3) is 10.1 Å². The minimum Gasteiger partial charge on any atom is -0.425 e. The van der Waals surface area contributed by atoms with E-state index in [0.29, 0.717) is 17.0 Å². The Bertz CT molecular complexity index is 715. The minimum atomic E-state index is -0.257. The van der Waals surface area contributed by atoms with E-state index in [0.717, 1.165) is 11.1 Å². The van der Waals surface area contributed by atoms with Crippen LogP contribution >= 0.6 is 11.3 Å². The van der Waals surface area contributed by atoms with E-state index in [2.05, 4.69) is 5.32 Å². The van der Waals surface area contributed by atoms with Crippen LogP contribution in [0.1, 0.15) is 5.76 Å². The van der Waals surface area contributed by atoms with Crippen molar-refractivity contribution in [3.8, 4) is 0 Å². The standard InChI is InChI=1S/C14H11NO2S/c16-14-13-10(6-7-18-13)8-12(17-14)9-15-11-4-2-1-3-5-11/h1-8,15H,9H2. The molecule has 0 aliphatic carbocycles. The average molecular weight is 257 g/mol. The van der Waals surface area contributed by atoms with E-state index in [1.165, 1.54) is 11.3 Å². The van der Waals surface area contributed by atoms with Gasteiger partial charge >= 0.3 is 5.63 Å². The van der Waals surface area contributed by atoms with Gasteiger partial charge in [-0.2, -0.15) is 0 Å². The summed E-state index contributed by atoms with van der Waals surface area (Å²) < 4.78 is 5.94. The maximum absolute atomic E-state index is 11.7. The zero-order chi connectivity index (χ0) is 12.4. The van der Waals surface area contributed by atoms with Crippen molar-refractivity contribution in [3.05, 3.63) is 64.0 Å². The van der Waals surface area contributed by atoms with Gasteiger partial charge in [-0.1, -0.05) is 18.2 Å². The fraction of sp³-hybridized carbons (Fsp3) is 0.0714. The molecule has 3 nitrogen and oxygen atoms in total. The minimum absolute atomic E-state index is 0.257. The van der Waals surface area contributed by atoms with Crippen molar-refractivity contribution in [2.24, 2.45) is 0 Å². The summed E-state index contributed by atoms with van der Waals surface area (Å²) in [5, 5.41) is 6.06. The van der Waals surface area contributed by atoms with Crippen LogP contribution in [0.5, 0.6) is 0 Å². The van der Waals surface area contributed by atoms with Crippen molar-refractivity contribution < 1.29 is 4.42 Å². The molecule has 3 rings (SSSR count). The van der Waals surface area contributed by atoms with E-state index in [4.69, 9.17) is 4.42 Å². The van der Waals surface area contributed by atoms with Crippen molar-refractivity contribution in [1.29, 1.82) is 0 Å². The summed E-state index contributed by atoms with van der Waals surface area (Å²) in [4.78, 5) is 11.7. The first-order valence-electron chi connectivity index (χ1n) is 5.62. The van der Waals surface area contributed by atoms with E-state index in [1.807, 2.05) is 47.8 Å². The molecule has 18 heavy (non-hydrogen) atoms. The summed E-state index contributed by atoms with van der Waals surface area (Å²) in [7, 11) is 0. The molecule has 0 saturated carbocycles. The van der Waals surface area contributed by atoms with Crippen molar-refractivity contribution in [3.63, 3.8) is 0 Å². The Kier molecular flexibility index (Phi) is 2.86. The molecule has 0 aliphatic rings. The summed E-state index contributed by atoms with van der Waals surface area (Å²) >= 11 is 1.41. The molecule has 1 aromatic carbocycles. The van der Waals surface area contributed by atoms with Gasteiger partial charge in [0.25, 0.3) is 0 Å². The third kappa shape index (κ3) is 2.15. The number of rotatable bonds is 3. The third-order valence-corrected chi connectivity index (χ3v) is 3.57. The lowest BCUT2D eigenvalue weighted by Gasteiger charge is -2.04. The van der Waals surface area contributed by atoms with Gasteiger partial charge < -0.3 is 9.73 Å². The van der Waals surface area contributed by atoms with Gasteiger partial charge in [-0.15, -0.1) is 11.3 Å². The highest BCUT2D eigenvalue weighted by Gasteiger charge is 2.05. The number of para-hydroxylation sites is 1. The second-order valence-corrected chi connectivity index (χ2v) is 4.84. The lowest BCUT2D eigenvalue weighted by atomic mass is 10.3. The summed E-state index contributed by atoms with van der Waals surface area (Å²) in [6, 6.07) is 13.7. The predicted molar refractivity (Wildman–Crippen MR) is 74.1 cm³/mol. The summed E-state index contributed by atoms with van der Waals surface area (Å²) in [5.41, 5.74) is 0.748. The Morgan fingerprint density at radius 2 is 2.00 bits per heavy atom. The van der Waals surface area contributed by atoms with Crippen LogP contribution < -0.4 is 10.9 Å². The van der Waals surface area contributed by atoms with Crippen molar-refractivity contribution in [1.82, 2.24) is 0 Å². The Morgan fingerprint density at radius 3 is 2.83 bits per heavy atom. The fourth-order valence-electron chi connectivity index (χ4n) is 1.80. The average Bonchev–Trinajstić information content (AvgIpc) is 2.86. The molecular formula is C14H11NO2S. The molecule has 0 unspecified atom stereocenters. The molecule has 0 saturated heterocycles. The number of fused-ring (bicyclic) bond motifs is 1. The van der Waals surface area contributed by atoms with Gasteiger partial charge in [-0.25, -0.2) is 4.79 Å². The molecule has 0 aliphatic heterocycles. The van der Waals surface area contributed by atoms with Crippen LogP contribution in [0.4, 0.5) is 5.69 Å². The van der Waals surface area contributed by atoms with Crippen LogP contribution in [0.15, 0.2) is 57.1 Å². The maximum atomic E-state index is 11.7. The molecular weight excluding hydrogens is 246 g/mol. The van der Waals surface area contributed by atoms with Gasteiger partial charge in [0.1, 0.15) is 10.5 Å². The Balaban J connectivity index is 1.85. The summed E-state index contributed by atoms with van der Waals surface area (Å²) in [5.74, 6) is 0.648. The highest BCUT2D eigenvalue weighted by molar-refractivity contribution is 7.17. The van der Waals surface area contributed by atoms with Gasteiger partial charge in [0.2, 0.25) is 0 Å². The van der Waals surface area contributed by atoms with Gasteiger partial charge in [0.05, 0.1) is 6.54 Å². The molecule has 3 aromatic rings. The second-order valence-electron chi connectivity index (χ2n) is 3.92. The number of benzene rings is 1. The van der Waals surface area contributed by atoms with Crippen LogP contribution in [0, 0.1) is 0 Å². The first kappa shape index (κ1) is 11.0. The number of thiophene rings is 1. The Hall–Kier alpha value is -2.07. The zero-order valence-corrected chi connectivity index (χ0v) is 10.4. The fourth-order valence-corrected chi connectivity index (χ4v) is 2.55. The third-order valence-electron chi connectivity index (χ3n) is 2.66. The van der Waals surface area contributed by atoms with Gasteiger partial charge in [-0.05, 0) is 29.6 Å². The maximum Gasteiger partial charge on any atom is 0.354 e. The number of hydrogen-bond donors (Lipinski definition) is 1. The predicted octanol–water partition coefficient (Wildman–Crippen LogP) is 3.47. The summed E-state index contributed by atoms with van der Waals surface area (Å²) in [6.07, 6.45) is 0. The number of hydrogen-bond acceptors (Lipinski definition) is 4. The largest absolute Gasteiger partial charge is 0.425 e. The van der Waals surface area contributed by atoms with Crippen LogP contribution in [-0.4, -0.2) is 0 Å². The Morgan fingerprint density at radius 1 is 1.17 bits per heavy atom.